The van der Waals surface area contributed by atoms with Crippen molar-refractivity contribution in [3.8, 4) is 16.9 Å². The standard InChI is InChI=1S/C28H27N3O/c1-17-11-18(2)13-22(12-17)23-14-25-24(15-27(23)32-5)28-26(16-29-25)30-20(4)31(28)19(3)21-9-7-6-8-10-21/h6-16,19H,1-5H3/t19-/m0/s1. The van der Waals surface area contributed by atoms with Crippen molar-refractivity contribution in [1.29, 1.82) is 0 Å². The van der Waals surface area contributed by atoms with E-state index in [4.69, 9.17) is 14.7 Å². The van der Waals surface area contributed by atoms with Gasteiger partial charge in [0.25, 0.3) is 0 Å². The number of rotatable bonds is 4. The van der Waals surface area contributed by atoms with E-state index >= 15 is 0 Å². The predicted octanol–water partition coefficient (Wildman–Crippen LogP) is 6.79. The average Bonchev–Trinajstić information content (AvgIpc) is 3.13. The summed E-state index contributed by atoms with van der Waals surface area (Å²) in [4.78, 5) is 9.60. The smallest absolute Gasteiger partial charge is 0.127 e. The fourth-order valence-electron chi connectivity index (χ4n) is 4.80. The highest BCUT2D eigenvalue weighted by molar-refractivity contribution is 6.05. The lowest BCUT2D eigenvalue weighted by Crippen LogP contribution is -2.08. The molecule has 0 N–H and O–H groups in total. The molecule has 2 aromatic heterocycles. The number of methoxy groups -OCH3 is 1. The molecule has 2 heterocycles. The molecule has 0 radical (unpaired) electrons. The minimum absolute atomic E-state index is 0.150. The third-order valence-electron chi connectivity index (χ3n) is 6.22. The fraction of sp³-hybridized carbons (Fsp3) is 0.214. The fourth-order valence-corrected chi connectivity index (χ4v) is 4.80. The van der Waals surface area contributed by atoms with Crippen LogP contribution < -0.4 is 4.74 Å². The van der Waals surface area contributed by atoms with Crippen molar-refractivity contribution in [3.63, 3.8) is 0 Å². The maximum Gasteiger partial charge on any atom is 0.127 e. The molecule has 4 nitrogen and oxygen atoms in total. The van der Waals surface area contributed by atoms with Gasteiger partial charge in [-0.05, 0) is 51.0 Å². The number of benzene rings is 3. The first-order valence-electron chi connectivity index (χ1n) is 10.9. The molecule has 5 aromatic rings. The Kier molecular flexibility index (Phi) is 4.93. The highest BCUT2D eigenvalue weighted by atomic mass is 16.5. The van der Waals surface area contributed by atoms with Crippen LogP contribution in [-0.4, -0.2) is 21.6 Å². The van der Waals surface area contributed by atoms with Crippen molar-refractivity contribution in [2.24, 2.45) is 0 Å². The molecule has 0 saturated carbocycles. The molecule has 0 saturated heterocycles. The minimum atomic E-state index is 0.150. The van der Waals surface area contributed by atoms with Gasteiger partial charge in [-0.15, -0.1) is 0 Å². The molecule has 0 aliphatic rings. The summed E-state index contributed by atoms with van der Waals surface area (Å²) in [5, 5.41) is 1.05. The topological polar surface area (TPSA) is 39.9 Å². The molecule has 0 unspecified atom stereocenters. The number of fused-ring (bicyclic) bond motifs is 3. The van der Waals surface area contributed by atoms with Crippen LogP contribution in [0, 0.1) is 20.8 Å². The number of aryl methyl sites for hydroxylation is 3. The molecule has 1 atom stereocenters. The molecule has 0 bridgehead atoms. The van der Waals surface area contributed by atoms with Gasteiger partial charge < -0.3 is 9.30 Å². The van der Waals surface area contributed by atoms with Crippen LogP contribution in [0.4, 0.5) is 0 Å². The van der Waals surface area contributed by atoms with Gasteiger partial charge >= 0.3 is 0 Å². The third kappa shape index (κ3) is 3.32. The lowest BCUT2D eigenvalue weighted by Gasteiger charge is -2.18. The van der Waals surface area contributed by atoms with Gasteiger partial charge in [0.2, 0.25) is 0 Å². The number of hydrogen-bond acceptors (Lipinski definition) is 3. The SMILES string of the molecule is COc1cc2c(cc1-c1cc(C)cc(C)c1)ncc1nc(C)n([C@@H](C)c3ccccc3)c12. The van der Waals surface area contributed by atoms with Crippen molar-refractivity contribution in [3.05, 3.63) is 89.4 Å². The van der Waals surface area contributed by atoms with Gasteiger partial charge in [0.05, 0.1) is 30.4 Å². The molecule has 5 rings (SSSR count). The Hall–Kier alpha value is -3.66. The summed E-state index contributed by atoms with van der Waals surface area (Å²) < 4.78 is 8.18. The highest BCUT2D eigenvalue weighted by Crippen LogP contribution is 2.38. The summed E-state index contributed by atoms with van der Waals surface area (Å²) in [6.45, 7) is 8.53. The van der Waals surface area contributed by atoms with Gasteiger partial charge in [-0.1, -0.05) is 59.7 Å². The molecule has 32 heavy (non-hydrogen) atoms. The number of hydrogen-bond donors (Lipinski definition) is 0. The van der Waals surface area contributed by atoms with E-state index in [2.05, 4.69) is 86.9 Å². The Labute approximate surface area is 188 Å². The Morgan fingerprint density at radius 3 is 2.28 bits per heavy atom. The van der Waals surface area contributed by atoms with Crippen molar-refractivity contribution < 1.29 is 4.74 Å². The maximum absolute atomic E-state index is 5.87. The first-order valence-corrected chi connectivity index (χ1v) is 10.9. The van der Waals surface area contributed by atoms with Gasteiger partial charge in [-0.3, -0.25) is 4.98 Å². The van der Waals surface area contributed by atoms with Gasteiger partial charge in [0.1, 0.15) is 17.1 Å². The van der Waals surface area contributed by atoms with Gasteiger partial charge in [0, 0.05) is 10.9 Å². The van der Waals surface area contributed by atoms with Crippen LogP contribution in [0.5, 0.6) is 5.75 Å². The van der Waals surface area contributed by atoms with E-state index in [1.54, 1.807) is 7.11 Å². The molecule has 0 fully saturated rings. The first kappa shape index (κ1) is 20.3. The molecule has 160 valence electrons. The molecular weight excluding hydrogens is 394 g/mol. The van der Waals surface area contributed by atoms with E-state index in [-0.39, 0.29) is 6.04 Å². The van der Waals surface area contributed by atoms with Crippen molar-refractivity contribution in [2.75, 3.05) is 7.11 Å². The summed E-state index contributed by atoms with van der Waals surface area (Å²) in [7, 11) is 1.73. The summed E-state index contributed by atoms with van der Waals surface area (Å²) in [5.74, 6) is 1.82. The maximum atomic E-state index is 5.87. The zero-order valence-electron chi connectivity index (χ0n) is 19.2. The molecule has 4 heteroatoms. The van der Waals surface area contributed by atoms with Crippen molar-refractivity contribution in [1.82, 2.24) is 14.5 Å². The zero-order valence-corrected chi connectivity index (χ0v) is 19.2. The van der Waals surface area contributed by atoms with Crippen LogP contribution in [0.15, 0.2) is 66.9 Å². The Morgan fingerprint density at radius 1 is 0.875 bits per heavy atom. The number of nitrogens with zero attached hydrogens (tertiary/aromatic N) is 3. The van der Waals surface area contributed by atoms with Crippen LogP contribution in [0.1, 0.15) is 35.5 Å². The molecule has 0 aliphatic carbocycles. The van der Waals surface area contributed by atoms with E-state index in [0.717, 1.165) is 44.6 Å². The average molecular weight is 422 g/mol. The van der Waals surface area contributed by atoms with Crippen LogP contribution in [-0.2, 0) is 0 Å². The largest absolute Gasteiger partial charge is 0.496 e. The number of aromatic nitrogens is 3. The molecule has 3 aromatic carbocycles. The van der Waals surface area contributed by atoms with E-state index in [1.807, 2.05) is 12.3 Å². The zero-order chi connectivity index (χ0) is 22.4. The molecular formula is C28H27N3O. The summed E-state index contributed by atoms with van der Waals surface area (Å²) >= 11 is 0. The summed E-state index contributed by atoms with van der Waals surface area (Å²) in [6.07, 6.45) is 1.89. The Morgan fingerprint density at radius 2 is 1.59 bits per heavy atom. The predicted molar refractivity (Wildman–Crippen MR) is 131 cm³/mol. The second-order valence-corrected chi connectivity index (χ2v) is 8.55. The minimum Gasteiger partial charge on any atom is -0.496 e. The summed E-state index contributed by atoms with van der Waals surface area (Å²) in [5.41, 5.74) is 8.84. The number of imidazole rings is 1. The van der Waals surface area contributed by atoms with Crippen molar-refractivity contribution >= 4 is 21.9 Å². The van der Waals surface area contributed by atoms with E-state index < -0.39 is 0 Å². The molecule has 0 amide bonds. The summed E-state index contributed by atoms with van der Waals surface area (Å²) in [6, 6.07) is 21.5. The number of pyridine rings is 1. The lowest BCUT2D eigenvalue weighted by atomic mass is 9.98. The third-order valence-corrected chi connectivity index (χ3v) is 6.22. The highest BCUT2D eigenvalue weighted by Gasteiger charge is 2.19. The van der Waals surface area contributed by atoms with Crippen LogP contribution >= 0.6 is 0 Å². The monoisotopic (exact) mass is 421 g/mol. The normalized spacial score (nSPS) is 12.4. The van der Waals surface area contributed by atoms with Crippen LogP contribution in [0.25, 0.3) is 33.1 Å². The number of ether oxygens (including phenoxy) is 1. The van der Waals surface area contributed by atoms with E-state index in [0.29, 0.717) is 0 Å². The Bertz CT molecular complexity index is 1430. The van der Waals surface area contributed by atoms with Crippen molar-refractivity contribution in [2.45, 2.75) is 33.7 Å². The van der Waals surface area contributed by atoms with Crippen LogP contribution in [0.2, 0.25) is 0 Å². The molecule has 0 spiro atoms. The van der Waals surface area contributed by atoms with Gasteiger partial charge in [-0.2, -0.15) is 0 Å². The van der Waals surface area contributed by atoms with E-state index in [1.165, 1.54) is 16.7 Å². The van der Waals surface area contributed by atoms with Gasteiger partial charge in [0.15, 0.2) is 0 Å². The lowest BCUT2D eigenvalue weighted by molar-refractivity contribution is 0.417. The second kappa shape index (κ2) is 7.79. The van der Waals surface area contributed by atoms with Crippen LogP contribution in [0.3, 0.4) is 0 Å². The second-order valence-electron chi connectivity index (χ2n) is 8.55. The quantitative estimate of drug-likeness (QED) is 0.320. The molecule has 0 aliphatic heterocycles. The Balaban J connectivity index is 1.78. The van der Waals surface area contributed by atoms with Gasteiger partial charge in [-0.25, -0.2) is 4.98 Å². The first-order chi connectivity index (χ1) is 15.5. The van der Waals surface area contributed by atoms with E-state index in [9.17, 15) is 0 Å².